The number of para-hydroxylation sites is 1. The first-order valence-corrected chi connectivity index (χ1v) is 8.19. The van der Waals surface area contributed by atoms with Crippen molar-refractivity contribution in [3.05, 3.63) is 29.8 Å². The molecular weight excluding hydrogens is 316 g/mol. The highest BCUT2D eigenvalue weighted by atomic mass is 19.1. The van der Waals surface area contributed by atoms with Gasteiger partial charge in [0.25, 0.3) is 0 Å². The van der Waals surface area contributed by atoms with Crippen LogP contribution < -0.4 is 11.1 Å². The van der Waals surface area contributed by atoms with Gasteiger partial charge < -0.3 is 16.0 Å². The van der Waals surface area contributed by atoms with E-state index in [2.05, 4.69) is 5.32 Å². The monoisotopic (exact) mass is 339 g/mol. The predicted octanol–water partition coefficient (Wildman–Crippen LogP) is 2.27. The van der Waals surface area contributed by atoms with Crippen molar-refractivity contribution < 1.29 is 18.4 Å². The number of carbonyl (C=O) groups excluding carboxylic acids is 2. The summed E-state index contributed by atoms with van der Waals surface area (Å²) < 4.78 is 27.1. The van der Waals surface area contributed by atoms with E-state index in [-0.39, 0.29) is 24.4 Å². The molecule has 1 aromatic rings. The Labute approximate surface area is 140 Å². The summed E-state index contributed by atoms with van der Waals surface area (Å²) in [5.74, 6) is -2.36. The Kier molecular flexibility index (Phi) is 6.25. The number of amides is 2. The predicted molar refractivity (Wildman–Crippen MR) is 87.2 cm³/mol. The fraction of sp³-hybridized carbons (Fsp3) is 0.529. The van der Waals surface area contributed by atoms with Gasteiger partial charge in [0.1, 0.15) is 17.3 Å². The van der Waals surface area contributed by atoms with Crippen LogP contribution in [-0.4, -0.2) is 35.8 Å². The van der Waals surface area contributed by atoms with Gasteiger partial charge in [-0.2, -0.15) is 0 Å². The molecule has 0 heterocycles. The molecule has 5 nitrogen and oxygen atoms in total. The molecule has 0 aliphatic heterocycles. The number of benzene rings is 1. The molecule has 132 valence electrons. The van der Waals surface area contributed by atoms with Crippen LogP contribution in [0.1, 0.15) is 32.6 Å². The number of nitrogens with one attached hydrogen (secondary N) is 1. The van der Waals surface area contributed by atoms with E-state index >= 15 is 0 Å². The molecule has 1 aliphatic carbocycles. The minimum Gasteiger partial charge on any atom is -0.334 e. The zero-order valence-electron chi connectivity index (χ0n) is 13.7. The van der Waals surface area contributed by atoms with E-state index in [0.29, 0.717) is 13.0 Å². The van der Waals surface area contributed by atoms with Gasteiger partial charge in [0.15, 0.2) is 0 Å². The number of carbonyl (C=O) groups is 2. The Hall–Kier alpha value is -2.02. The molecule has 24 heavy (non-hydrogen) atoms. The largest absolute Gasteiger partial charge is 0.334 e. The van der Waals surface area contributed by atoms with Crippen molar-refractivity contribution in [2.24, 2.45) is 11.7 Å². The highest BCUT2D eigenvalue weighted by Crippen LogP contribution is 2.27. The first-order chi connectivity index (χ1) is 11.4. The summed E-state index contributed by atoms with van der Waals surface area (Å²) in [6.45, 7) is 1.85. The van der Waals surface area contributed by atoms with Gasteiger partial charge in [-0.25, -0.2) is 8.78 Å². The van der Waals surface area contributed by atoms with Crippen LogP contribution in [0.25, 0.3) is 0 Å². The van der Waals surface area contributed by atoms with Gasteiger partial charge in [-0.05, 0) is 37.8 Å². The minimum absolute atomic E-state index is 0.0222. The smallest absolute Gasteiger partial charge is 0.244 e. The van der Waals surface area contributed by atoms with Crippen molar-refractivity contribution in [3.8, 4) is 0 Å². The summed E-state index contributed by atoms with van der Waals surface area (Å²) in [6.07, 6.45) is 3.14. The lowest BCUT2D eigenvalue weighted by molar-refractivity contribution is -0.135. The zero-order chi connectivity index (χ0) is 17.7. The molecule has 2 rings (SSSR count). The average Bonchev–Trinajstić information content (AvgIpc) is 2.93. The van der Waals surface area contributed by atoms with Crippen molar-refractivity contribution in [1.29, 1.82) is 0 Å². The van der Waals surface area contributed by atoms with E-state index < -0.39 is 23.2 Å². The van der Waals surface area contributed by atoms with Crippen LogP contribution in [0.3, 0.4) is 0 Å². The molecule has 0 bridgehead atoms. The molecule has 0 aromatic heterocycles. The van der Waals surface area contributed by atoms with Gasteiger partial charge in [-0.1, -0.05) is 12.5 Å². The molecule has 1 fully saturated rings. The Balaban J connectivity index is 1.94. The van der Waals surface area contributed by atoms with Crippen molar-refractivity contribution in [2.45, 2.75) is 38.6 Å². The molecular formula is C17H23F2N3O2. The van der Waals surface area contributed by atoms with Crippen LogP contribution in [0.2, 0.25) is 0 Å². The molecule has 0 radical (unpaired) electrons. The highest BCUT2D eigenvalue weighted by molar-refractivity contribution is 5.94. The lowest BCUT2D eigenvalue weighted by atomic mass is 9.99. The quantitative estimate of drug-likeness (QED) is 0.835. The molecule has 1 aromatic carbocycles. The first kappa shape index (κ1) is 18.3. The Bertz CT molecular complexity index is 589. The number of halogens is 2. The number of likely N-dealkylation sites (N-methyl/N-ethyl adjacent to an activating group) is 1. The van der Waals surface area contributed by atoms with Crippen LogP contribution in [0.15, 0.2) is 18.2 Å². The van der Waals surface area contributed by atoms with Gasteiger partial charge in [0, 0.05) is 19.0 Å². The summed E-state index contributed by atoms with van der Waals surface area (Å²) in [4.78, 5) is 25.7. The van der Waals surface area contributed by atoms with Gasteiger partial charge in [-0.3, -0.25) is 9.59 Å². The third kappa shape index (κ3) is 4.50. The van der Waals surface area contributed by atoms with E-state index in [1.807, 2.05) is 0 Å². The van der Waals surface area contributed by atoms with Crippen molar-refractivity contribution in [2.75, 3.05) is 18.4 Å². The van der Waals surface area contributed by atoms with Crippen LogP contribution in [0.4, 0.5) is 14.5 Å². The zero-order valence-corrected chi connectivity index (χ0v) is 13.7. The minimum atomic E-state index is -0.852. The van der Waals surface area contributed by atoms with E-state index in [4.69, 9.17) is 5.73 Å². The van der Waals surface area contributed by atoms with E-state index in [1.165, 1.54) is 11.0 Å². The third-order valence-electron chi connectivity index (χ3n) is 4.45. The number of anilines is 1. The summed E-state index contributed by atoms with van der Waals surface area (Å²) in [5, 5.41) is 2.19. The number of hydrogen-bond donors (Lipinski definition) is 2. The van der Waals surface area contributed by atoms with Gasteiger partial charge in [0.05, 0.1) is 6.54 Å². The van der Waals surface area contributed by atoms with E-state index in [9.17, 15) is 18.4 Å². The van der Waals surface area contributed by atoms with E-state index in [1.54, 1.807) is 6.92 Å². The number of nitrogens with zero attached hydrogens (tertiary/aromatic N) is 1. The topological polar surface area (TPSA) is 75.4 Å². The number of hydrogen-bond acceptors (Lipinski definition) is 3. The summed E-state index contributed by atoms with van der Waals surface area (Å²) in [6, 6.07) is 3.35. The van der Waals surface area contributed by atoms with Crippen LogP contribution in [-0.2, 0) is 9.59 Å². The van der Waals surface area contributed by atoms with Gasteiger partial charge in [-0.15, -0.1) is 0 Å². The fourth-order valence-corrected chi connectivity index (χ4v) is 3.02. The molecule has 0 spiro atoms. The summed E-state index contributed by atoms with van der Waals surface area (Å²) in [7, 11) is 0. The Morgan fingerprint density at radius 3 is 2.50 bits per heavy atom. The fourth-order valence-electron chi connectivity index (χ4n) is 3.02. The van der Waals surface area contributed by atoms with Crippen LogP contribution in [0, 0.1) is 17.6 Å². The third-order valence-corrected chi connectivity index (χ3v) is 4.45. The second-order valence-electron chi connectivity index (χ2n) is 6.11. The number of nitrogens with two attached hydrogens (primary N) is 1. The molecule has 1 saturated carbocycles. The van der Waals surface area contributed by atoms with Crippen molar-refractivity contribution in [1.82, 2.24) is 4.90 Å². The van der Waals surface area contributed by atoms with Gasteiger partial charge >= 0.3 is 0 Å². The average molecular weight is 339 g/mol. The van der Waals surface area contributed by atoms with Gasteiger partial charge in [0.2, 0.25) is 11.8 Å². The summed E-state index contributed by atoms with van der Waals surface area (Å²) >= 11 is 0. The maximum absolute atomic E-state index is 13.6. The maximum Gasteiger partial charge on any atom is 0.244 e. The SMILES string of the molecule is CCN(CC(=O)Nc1c(F)cccc1F)C(=O)C[C@@H]1CCC[C@H]1N. The molecule has 2 atom stereocenters. The van der Waals surface area contributed by atoms with E-state index in [0.717, 1.165) is 31.4 Å². The molecule has 1 aliphatic rings. The normalized spacial score (nSPS) is 20.0. The first-order valence-electron chi connectivity index (χ1n) is 8.19. The highest BCUT2D eigenvalue weighted by Gasteiger charge is 2.28. The number of rotatable bonds is 6. The molecule has 2 amide bonds. The molecule has 3 N–H and O–H groups in total. The molecule has 0 unspecified atom stereocenters. The Morgan fingerprint density at radius 1 is 1.29 bits per heavy atom. The maximum atomic E-state index is 13.6. The van der Waals surface area contributed by atoms with Crippen LogP contribution >= 0.6 is 0 Å². The summed E-state index contributed by atoms with van der Waals surface area (Å²) in [5.41, 5.74) is 5.48. The second-order valence-corrected chi connectivity index (χ2v) is 6.11. The van der Waals surface area contributed by atoms with Crippen LogP contribution in [0.5, 0.6) is 0 Å². The lowest BCUT2D eigenvalue weighted by Crippen LogP contribution is -2.40. The van der Waals surface area contributed by atoms with Crippen molar-refractivity contribution in [3.63, 3.8) is 0 Å². The van der Waals surface area contributed by atoms with Crippen molar-refractivity contribution >= 4 is 17.5 Å². The molecule has 0 saturated heterocycles. The Morgan fingerprint density at radius 2 is 1.96 bits per heavy atom. The molecule has 7 heteroatoms. The standard InChI is InChI=1S/C17H23F2N3O2/c1-2-22(16(24)9-11-5-3-8-14(11)20)10-15(23)21-17-12(18)6-4-7-13(17)19/h4,6-7,11,14H,2-3,5,8-10,20H2,1H3,(H,21,23)/t11-,14+/m0/s1. The second kappa shape index (κ2) is 8.19. The lowest BCUT2D eigenvalue weighted by Gasteiger charge is -2.23.